The van der Waals surface area contributed by atoms with E-state index < -0.39 is 0 Å². The summed E-state index contributed by atoms with van der Waals surface area (Å²) in [6, 6.07) is 9.87. The van der Waals surface area contributed by atoms with Crippen LogP contribution in [0, 0.1) is 12.3 Å². The summed E-state index contributed by atoms with van der Waals surface area (Å²) in [5.41, 5.74) is 3.19. The number of nitrogens with one attached hydrogen (secondary N) is 1. The second-order valence-corrected chi connectivity index (χ2v) is 7.25. The van der Waals surface area contributed by atoms with Gasteiger partial charge in [0, 0.05) is 25.2 Å². The molecule has 1 aliphatic heterocycles. The molecular formula is C18H30N2. The van der Waals surface area contributed by atoms with Crippen LogP contribution in [0.1, 0.15) is 51.3 Å². The highest BCUT2D eigenvalue weighted by Crippen LogP contribution is 2.28. The molecule has 1 aromatic carbocycles. The molecule has 1 fully saturated rings. The van der Waals surface area contributed by atoms with E-state index in [9.17, 15) is 0 Å². The Morgan fingerprint density at radius 1 is 1.25 bits per heavy atom. The van der Waals surface area contributed by atoms with E-state index in [1.807, 2.05) is 0 Å². The molecule has 1 heterocycles. The minimum Gasteiger partial charge on any atom is -0.312 e. The van der Waals surface area contributed by atoms with Crippen LogP contribution >= 0.6 is 0 Å². The third-order valence-electron chi connectivity index (χ3n) is 4.66. The van der Waals surface area contributed by atoms with Crippen molar-refractivity contribution in [1.29, 1.82) is 0 Å². The fraction of sp³-hybridized carbons (Fsp3) is 0.667. The molecule has 2 unspecified atom stereocenters. The molecule has 0 aromatic heterocycles. The number of hydrogen-bond acceptors (Lipinski definition) is 2. The van der Waals surface area contributed by atoms with E-state index in [1.165, 1.54) is 24.1 Å². The van der Waals surface area contributed by atoms with E-state index in [1.54, 1.807) is 0 Å². The van der Waals surface area contributed by atoms with E-state index in [4.69, 9.17) is 0 Å². The molecule has 112 valence electrons. The van der Waals surface area contributed by atoms with Crippen LogP contribution in [-0.2, 0) is 0 Å². The van der Waals surface area contributed by atoms with E-state index >= 15 is 0 Å². The molecule has 20 heavy (non-hydrogen) atoms. The van der Waals surface area contributed by atoms with Crippen LogP contribution in [-0.4, -0.2) is 30.6 Å². The van der Waals surface area contributed by atoms with E-state index in [-0.39, 0.29) is 0 Å². The Kier molecular flexibility index (Phi) is 4.87. The van der Waals surface area contributed by atoms with E-state index in [0.717, 1.165) is 13.1 Å². The number of aryl methyl sites for hydroxylation is 1. The SMILES string of the molecule is Cc1ccccc1C(C)N1CCCNC(C(C)(C)C)C1. The second kappa shape index (κ2) is 6.28. The second-order valence-electron chi connectivity index (χ2n) is 7.25. The zero-order valence-corrected chi connectivity index (χ0v) is 13.7. The van der Waals surface area contributed by atoms with Gasteiger partial charge >= 0.3 is 0 Å². The normalized spacial score (nSPS) is 23.4. The van der Waals surface area contributed by atoms with Gasteiger partial charge in [-0.1, -0.05) is 45.0 Å². The Labute approximate surface area is 124 Å². The highest BCUT2D eigenvalue weighted by molar-refractivity contribution is 5.28. The summed E-state index contributed by atoms with van der Waals surface area (Å²) in [4.78, 5) is 2.65. The van der Waals surface area contributed by atoms with Crippen molar-refractivity contribution in [2.45, 2.75) is 53.1 Å². The Bertz CT molecular complexity index is 433. The van der Waals surface area contributed by atoms with Gasteiger partial charge in [0.2, 0.25) is 0 Å². The third-order valence-corrected chi connectivity index (χ3v) is 4.66. The van der Waals surface area contributed by atoms with Gasteiger partial charge in [-0.05, 0) is 43.4 Å². The van der Waals surface area contributed by atoms with Crippen molar-refractivity contribution >= 4 is 0 Å². The first-order chi connectivity index (χ1) is 9.39. The standard InChI is InChI=1S/C18H30N2/c1-14-9-6-7-10-16(14)15(2)20-12-8-11-19-17(13-20)18(3,4)5/h6-7,9-10,15,17,19H,8,11-13H2,1-5H3. The Morgan fingerprint density at radius 2 is 1.95 bits per heavy atom. The average Bonchev–Trinajstić information content (AvgIpc) is 2.64. The Balaban J connectivity index is 2.16. The van der Waals surface area contributed by atoms with Gasteiger partial charge in [0.05, 0.1) is 0 Å². The van der Waals surface area contributed by atoms with Gasteiger partial charge in [-0.2, -0.15) is 0 Å². The maximum absolute atomic E-state index is 3.73. The number of nitrogens with zero attached hydrogens (tertiary/aromatic N) is 1. The lowest BCUT2D eigenvalue weighted by Crippen LogP contribution is -2.46. The number of benzene rings is 1. The molecule has 0 bridgehead atoms. The van der Waals surface area contributed by atoms with Crippen molar-refractivity contribution < 1.29 is 0 Å². The fourth-order valence-electron chi connectivity index (χ4n) is 3.13. The van der Waals surface area contributed by atoms with Gasteiger partial charge in [0.1, 0.15) is 0 Å². The van der Waals surface area contributed by atoms with E-state index in [2.05, 4.69) is 69.1 Å². The summed E-state index contributed by atoms with van der Waals surface area (Å²) in [5.74, 6) is 0. The molecular weight excluding hydrogens is 244 g/mol. The molecule has 0 aliphatic carbocycles. The summed E-state index contributed by atoms with van der Waals surface area (Å²) in [7, 11) is 0. The lowest BCUT2D eigenvalue weighted by molar-refractivity contribution is 0.161. The highest BCUT2D eigenvalue weighted by Gasteiger charge is 2.30. The van der Waals surface area contributed by atoms with Crippen LogP contribution in [0.5, 0.6) is 0 Å². The molecule has 1 aromatic rings. The maximum Gasteiger partial charge on any atom is 0.0323 e. The van der Waals surface area contributed by atoms with Crippen LogP contribution < -0.4 is 5.32 Å². The molecule has 1 aliphatic rings. The summed E-state index contributed by atoms with van der Waals surface area (Å²) < 4.78 is 0. The highest BCUT2D eigenvalue weighted by atomic mass is 15.2. The van der Waals surface area contributed by atoms with Gasteiger partial charge in [-0.3, -0.25) is 4.90 Å². The minimum atomic E-state index is 0.314. The minimum absolute atomic E-state index is 0.314. The van der Waals surface area contributed by atoms with Crippen LogP contribution in [0.3, 0.4) is 0 Å². The Morgan fingerprint density at radius 3 is 2.60 bits per heavy atom. The summed E-state index contributed by atoms with van der Waals surface area (Å²) in [5, 5.41) is 3.73. The quantitative estimate of drug-likeness (QED) is 0.883. The predicted octanol–water partition coefficient (Wildman–Crippen LogP) is 3.77. The van der Waals surface area contributed by atoms with Crippen molar-refractivity contribution in [1.82, 2.24) is 10.2 Å². The van der Waals surface area contributed by atoms with Gasteiger partial charge in [-0.15, -0.1) is 0 Å². The van der Waals surface area contributed by atoms with Crippen LogP contribution in [0.15, 0.2) is 24.3 Å². The Hall–Kier alpha value is -0.860. The molecule has 2 atom stereocenters. The van der Waals surface area contributed by atoms with Gasteiger partial charge in [0.15, 0.2) is 0 Å². The zero-order chi connectivity index (χ0) is 14.8. The first-order valence-corrected chi connectivity index (χ1v) is 7.92. The van der Waals surface area contributed by atoms with Gasteiger partial charge < -0.3 is 5.32 Å². The molecule has 2 heteroatoms. The van der Waals surface area contributed by atoms with Crippen molar-refractivity contribution in [2.24, 2.45) is 5.41 Å². The van der Waals surface area contributed by atoms with Crippen molar-refractivity contribution in [3.63, 3.8) is 0 Å². The molecule has 0 amide bonds. The van der Waals surface area contributed by atoms with Crippen molar-refractivity contribution in [2.75, 3.05) is 19.6 Å². The smallest absolute Gasteiger partial charge is 0.0323 e. The summed E-state index contributed by atoms with van der Waals surface area (Å²) in [6.07, 6.45) is 1.24. The zero-order valence-electron chi connectivity index (χ0n) is 13.7. The van der Waals surface area contributed by atoms with Crippen LogP contribution in [0.4, 0.5) is 0 Å². The maximum atomic E-state index is 3.73. The van der Waals surface area contributed by atoms with Crippen LogP contribution in [0.25, 0.3) is 0 Å². The summed E-state index contributed by atoms with van der Waals surface area (Å²) in [6.45, 7) is 15.1. The molecule has 2 rings (SSSR count). The van der Waals surface area contributed by atoms with E-state index in [0.29, 0.717) is 17.5 Å². The average molecular weight is 274 g/mol. The molecule has 0 radical (unpaired) electrons. The first-order valence-electron chi connectivity index (χ1n) is 7.92. The molecule has 1 saturated heterocycles. The number of rotatable bonds is 2. The number of hydrogen-bond donors (Lipinski definition) is 1. The molecule has 0 spiro atoms. The van der Waals surface area contributed by atoms with Gasteiger partial charge in [0.25, 0.3) is 0 Å². The van der Waals surface area contributed by atoms with Gasteiger partial charge in [-0.25, -0.2) is 0 Å². The largest absolute Gasteiger partial charge is 0.312 e. The topological polar surface area (TPSA) is 15.3 Å². The van der Waals surface area contributed by atoms with Crippen molar-refractivity contribution in [3.05, 3.63) is 35.4 Å². The van der Waals surface area contributed by atoms with Crippen molar-refractivity contribution in [3.8, 4) is 0 Å². The monoisotopic (exact) mass is 274 g/mol. The summed E-state index contributed by atoms with van der Waals surface area (Å²) >= 11 is 0. The molecule has 2 nitrogen and oxygen atoms in total. The third kappa shape index (κ3) is 3.62. The molecule has 0 saturated carbocycles. The van der Waals surface area contributed by atoms with Crippen LogP contribution in [0.2, 0.25) is 0 Å². The molecule has 1 N–H and O–H groups in total. The lowest BCUT2D eigenvalue weighted by atomic mass is 9.86. The first kappa shape index (κ1) is 15.5. The fourth-order valence-corrected chi connectivity index (χ4v) is 3.13. The lowest BCUT2D eigenvalue weighted by Gasteiger charge is -2.36. The predicted molar refractivity (Wildman–Crippen MR) is 87.0 cm³/mol.